The standard InChI is InChI=1S/C14H18N4O3S/c1-22(20,21)18-8-4-6-13(18)14(19)15-9-11-10-16-17-7-3-2-5-12(11)17/h2-3,5,7,10,13H,4,6,8-9H2,1H3,(H,15,19)/t13-/m1/s1. The normalized spacial score (nSPS) is 19.6. The first-order valence-electron chi connectivity index (χ1n) is 7.12. The van der Waals surface area contributed by atoms with Gasteiger partial charge in [0.1, 0.15) is 6.04 Å². The van der Waals surface area contributed by atoms with Gasteiger partial charge in [-0.2, -0.15) is 9.40 Å². The number of sulfonamides is 1. The SMILES string of the molecule is CS(=O)(=O)N1CCC[C@@H]1C(=O)NCc1cnn2ccccc12. The van der Waals surface area contributed by atoms with Gasteiger partial charge >= 0.3 is 0 Å². The Morgan fingerprint density at radius 3 is 3.05 bits per heavy atom. The Hall–Kier alpha value is -1.93. The lowest BCUT2D eigenvalue weighted by molar-refractivity contribution is -0.124. The molecule has 7 nitrogen and oxygen atoms in total. The first kappa shape index (κ1) is 15.0. The van der Waals surface area contributed by atoms with Gasteiger partial charge in [-0.3, -0.25) is 4.79 Å². The Kier molecular flexibility index (Phi) is 3.88. The van der Waals surface area contributed by atoms with Gasteiger partial charge in [-0.05, 0) is 25.0 Å². The highest BCUT2D eigenvalue weighted by molar-refractivity contribution is 7.88. The van der Waals surface area contributed by atoms with E-state index >= 15 is 0 Å². The van der Waals surface area contributed by atoms with E-state index in [1.807, 2.05) is 24.4 Å². The third-order valence-corrected chi connectivity index (χ3v) is 5.18. The van der Waals surface area contributed by atoms with Gasteiger partial charge in [-0.1, -0.05) is 6.07 Å². The second kappa shape index (κ2) is 5.69. The molecule has 2 aromatic heterocycles. The molecule has 0 spiro atoms. The molecule has 0 saturated carbocycles. The molecule has 8 heteroatoms. The smallest absolute Gasteiger partial charge is 0.238 e. The average molecular weight is 322 g/mol. The highest BCUT2D eigenvalue weighted by Gasteiger charge is 2.36. The predicted molar refractivity (Wildman–Crippen MR) is 81.6 cm³/mol. The molecule has 1 fully saturated rings. The molecule has 3 rings (SSSR count). The van der Waals surface area contributed by atoms with E-state index in [0.717, 1.165) is 17.3 Å². The quantitative estimate of drug-likeness (QED) is 0.882. The molecule has 1 N–H and O–H groups in total. The number of fused-ring (bicyclic) bond motifs is 1. The minimum absolute atomic E-state index is 0.252. The first-order chi connectivity index (χ1) is 10.5. The summed E-state index contributed by atoms with van der Waals surface area (Å²) in [4.78, 5) is 12.3. The van der Waals surface area contributed by atoms with Gasteiger partial charge in [-0.15, -0.1) is 0 Å². The van der Waals surface area contributed by atoms with Gasteiger partial charge in [0, 0.05) is 24.8 Å². The van der Waals surface area contributed by atoms with Crippen LogP contribution in [0.2, 0.25) is 0 Å². The molecule has 1 amide bonds. The van der Waals surface area contributed by atoms with Crippen LogP contribution in [0.1, 0.15) is 18.4 Å². The van der Waals surface area contributed by atoms with E-state index in [1.54, 1.807) is 10.7 Å². The van der Waals surface area contributed by atoms with Crippen molar-refractivity contribution in [3.63, 3.8) is 0 Å². The van der Waals surface area contributed by atoms with Crippen molar-refractivity contribution in [3.05, 3.63) is 36.2 Å². The Balaban J connectivity index is 1.70. The zero-order valence-corrected chi connectivity index (χ0v) is 13.1. The summed E-state index contributed by atoms with van der Waals surface area (Å²) in [5, 5.41) is 7.03. The van der Waals surface area contributed by atoms with Crippen molar-refractivity contribution in [2.45, 2.75) is 25.4 Å². The number of carbonyl (C=O) groups is 1. The second-order valence-corrected chi connectivity index (χ2v) is 7.38. The maximum absolute atomic E-state index is 12.3. The second-order valence-electron chi connectivity index (χ2n) is 5.45. The first-order valence-corrected chi connectivity index (χ1v) is 8.97. The fourth-order valence-electron chi connectivity index (χ4n) is 2.82. The van der Waals surface area contributed by atoms with Crippen LogP contribution >= 0.6 is 0 Å². The Labute approximate surface area is 129 Å². The van der Waals surface area contributed by atoms with Crippen LogP contribution in [-0.2, 0) is 21.4 Å². The minimum atomic E-state index is -3.35. The van der Waals surface area contributed by atoms with E-state index in [-0.39, 0.29) is 5.91 Å². The van der Waals surface area contributed by atoms with E-state index in [9.17, 15) is 13.2 Å². The van der Waals surface area contributed by atoms with Crippen LogP contribution in [0.15, 0.2) is 30.6 Å². The molecule has 0 aliphatic carbocycles. The van der Waals surface area contributed by atoms with Crippen LogP contribution in [0.4, 0.5) is 0 Å². The topological polar surface area (TPSA) is 83.8 Å². The van der Waals surface area contributed by atoms with Crippen molar-refractivity contribution in [1.82, 2.24) is 19.2 Å². The number of pyridine rings is 1. The van der Waals surface area contributed by atoms with Gasteiger partial charge in [-0.25, -0.2) is 12.9 Å². The van der Waals surface area contributed by atoms with Gasteiger partial charge in [0.2, 0.25) is 15.9 Å². The summed E-state index contributed by atoms with van der Waals surface area (Å²) >= 11 is 0. The Bertz CT molecular complexity index is 799. The number of hydrogen-bond donors (Lipinski definition) is 1. The van der Waals surface area contributed by atoms with Crippen LogP contribution in [0.25, 0.3) is 5.52 Å². The molecule has 0 radical (unpaired) electrons. The molecule has 1 aliphatic heterocycles. The molecule has 2 aromatic rings. The molecule has 3 heterocycles. The molecule has 0 unspecified atom stereocenters. The van der Waals surface area contributed by atoms with Crippen molar-refractivity contribution in [3.8, 4) is 0 Å². The molecule has 1 saturated heterocycles. The minimum Gasteiger partial charge on any atom is -0.350 e. The molecular formula is C14H18N4O3S. The monoisotopic (exact) mass is 322 g/mol. The summed E-state index contributed by atoms with van der Waals surface area (Å²) in [6.45, 7) is 0.744. The third-order valence-electron chi connectivity index (χ3n) is 3.89. The number of nitrogens with zero attached hydrogens (tertiary/aromatic N) is 3. The van der Waals surface area contributed by atoms with Crippen LogP contribution in [0.3, 0.4) is 0 Å². The lowest BCUT2D eigenvalue weighted by atomic mass is 10.2. The van der Waals surface area contributed by atoms with Gasteiger partial charge < -0.3 is 5.32 Å². The number of aromatic nitrogens is 2. The number of rotatable bonds is 4. The highest BCUT2D eigenvalue weighted by Crippen LogP contribution is 2.20. The summed E-state index contributed by atoms with van der Waals surface area (Å²) in [7, 11) is -3.35. The number of carbonyl (C=O) groups excluding carboxylic acids is 1. The van der Waals surface area contributed by atoms with E-state index in [1.165, 1.54) is 4.31 Å². The number of hydrogen-bond acceptors (Lipinski definition) is 4. The lowest BCUT2D eigenvalue weighted by Gasteiger charge is -2.21. The summed E-state index contributed by atoms with van der Waals surface area (Å²) in [6.07, 6.45) is 5.96. The van der Waals surface area contributed by atoms with Crippen LogP contribution in [-0.4, -0.2) is 47.1 Å². The van der Waals surface area contributed by atoms with E-state index in [2.05, 4.69) is 10.4 Å². The van der Waals surface area contributed by atoms with Crippen LogP contribution in [0, 0.1) is 0 Å². The molecule has 1 aliphatic rings. The van der Waals surface area contributed by atoms with E-state index < -0.39 is 16.1 Å². The van der Waals surface area contributed by atoms with Crippen molar-refractivity contribution in [2.24, 2.45) is 0 Å². The average Bonchev–Trinajstić information content (AvgIpc) is 3.11. The summed E-state index contributed by atoms with van der Waals surface area (Å²) in [5.41, 5.74) is 1.83. The third kappa shape index (κ3) is 2.84. The maximum atomic E-state index is 12.3. The number of amides is 1. The van der Waals surface area contributed by atoms with Crippen molar-refractivity contribution < 1.29 is 13.2 Å². The molecule has 0 aromatic carbocycles. The fraction of sp³-hybridized carbons (Fsp3) is 0.429. The van der Waals surface area contributed by atoms with Crippen molar-refractivity contribution >= 4 is 21.4 Å². The van der Waals surface area contributed by atoms with Crippen LogP contribution in [0.5, 0.6) is 0 Å². The van der Waals surface area contributed by atoms with Gasteiger partial charge in [0.25, 0.3) is 0 Å². The fourth-order valence-corrected chi connectivity index (χ4v) is 3.95. The molecule has 22 heavy (non-hydrogen) atoms. The van der Waals surface area contributed by atoms with Gasteiger partial charge in [0.15, 0.2) is 0 Å². The molecule has 0 bridgehead atoms. The molecule has 1 atom stereocenters. The molecule has 118 valence electrons. The lowest BCUT2D eigenvalue weighted by Crippen LogP contribution is -2.45. The largest absolute Gasteiger partial charge is 0.350 e. The summed E-state index contributed by atoms with van der Waals surface area (Å²) < 4.78 is 26.4. The predicted octanol–water partition coefficient (Wildman–Crippen LogP) is 0.375. The van der Waals surface area contributed by atoms with E-state index in [4.69, 9.17) is 0 Å². The van der Waals surface area contributed by atoms with Crippen molar-refractivity contribution in [1.29, 1.82) is 0 Å². The summed E-state index contributed by atoms with van der Waals surface area (Å²) in [5.74, 6) is -0.252. The zero-order valence-electron chi connectivity index (χ0n) is 12.3. The van der Waals surface area contributed by atoms with Crippen molar-refractivity contribution in [2.75, 3.05) is 12.8 Å². The number of nitrogens with one attached hydrogen (secondary N) is 1. The molecular weight excluding hydrogens is 304 g/mol. The van der Waals surface area contributed by atoms with Crippen LogP contribution < -0.4 is 5.32 Å². The Morgan fingerprint density at radius 2 is 2.27 bits per heavy atom. The maximum Gasteiger partial charge on any atom is 0.238 e. The Morgan fingerprint density at radius 1 is 1.45 bits per heavy atom. The van der Waals surface area contributed by atoms with Gasteiger partial charge in [0.05, 0.1) is 18.0 Å². The zero-order chi connectivity index (χ0) is 15.7. The summed E-state index contributed by atoms with van der Waals surface area (Å²) in [6, 6.07) is 5.11. The van der Waals surface area contributed by atoms with E-state index in [0.29, 0.717) is 25.9 Å². The highest BCUT2D eigenvalue weighted by atomic mass is 32.2.